The number of benzene rings is 2. The van der Waals surface area contributed by atoms with Crippen molar-refractivity contribution in [3.05, 3.63) is 63.2 Å². The summed E-state index contributed by atoms with van der Waals surface area (Å²) < 4.78 is 5.66. The number of anilines is 1. The molecule has 3 rings (SSSR count). The maximum Gasteiger partial charge on any atom is 0.412 e. The molecule has 0 spiro atoms. The highest BCUT2D eigenvalue weighted by molar-refractivity contribution is 7.99. The smallest absolute Gasteiger partial charge is 0.412 e. The highest BCUT2D eigenvalue weighted by Gasteiger charge is 2.44. The van der Waals surface area contributed by atoms with Crippen LogP contribution < -0.4 is 5.32 Å². The zero-order chi connectivity index (χ0) is 29.5. The molecule has 2 aromatic carbocycles. The summed E-state index contributed by atoms with van der Waals surface area (Å²) in [5.74, 6) is 0.129. The van der Waals surface area contributed by atoms with Crippen molar-refractivity contribution in [1.82, 2.24) is 4.90 Å². The lowest BCUT2D eigenvalue weighted by atomic mass is 9.79. The maximum absolute atomic E-state index is 13.7. The number of amides is 2. The van der Waals surface area contributed by atoms with Crippen LogP contribution in [0.3, 0.4) is 0 Å². The van der Waals surface area contributed by atoms with Gasteiger partial charge in [0.05, 0.1) is 4.92 Å². The number of nitrogens with zero attached hydrogens (tertiary/aromatic N) is 2. The second-order valence-electron chi connectivity index (χ2n) is 12.8. The highest BCUT2D eigenvalue weighted by atomic mass is 32.2. The molecule has 2 amide bonds. The Hall–Kier alpha value is -3.27. The molecule has 10 heteroatoms. The van der Waals surface area contributed by atoms with Crippen molar-refractivity contribution in [2.45, 2.75) is 90.2 Å². The fraction of sp³-hybridized carbons (Fsp3) is 0.517. The number of carbonyl (C=O) groups is 2. The number of rotatable bonds is 4. The standard InChI is InChI=1S/C29H39N3O6S/c1-27(2,3)20-14-18(15-21(23(20)33)28(4,5)6)30-24(34)22-16-39-25(31(22)26(35)38-29(7,8)9)17-10-12-19(13-11-17)32(36)37/h10-15,22,25,33H,16H2,1-9H3,(H,30,34)/t22-,25+/m0/s1. The Kier molecular flexibility index (Phi) is 8.32. The van der Waals surface area contributed by atoms with E-state index in [1.807, 2.05) is 41.5 Å². The molecule has 0 unspecified atom stereocenters. The Balaban J connectivity index is 1.99. The van der Waals surface area contributed by atoms with Gasteiger partial charge in [0.2, 0.25) is 5.91 Å². The van der Waals surface area contributed by atoms with Gasteiger partial charge in [-0.15, -0.1) is 11.8 Å². The zero-order valence-corrected chi connectivity index (χ0v) is 24.9. The van der Waals surface area contributed by atoms with Gasteiger partial charge >= 0.3 is 6.09 Å². The van der Waals surface area contributed by atoms with E-state index in [0.29, 0.717) is 28.1 Å². The van der Waals surface area contributed by atoms with Crippen LogP contribution in [0, 0.1) is 10.1 Å². The number of nitro benzene ring substituents is 1. The predicted octanol–water partition coefficient (Wildman–Crippen LogP) is 6.89. The molecule has 2 N–H and O–H groups in total. The number of aromatic hydroxyl groups is 1. The minimum Gasteiger partial charge on any atom is -0.507 e. The number of thioether (sulfide) groups is 1. The summed E-state index contributed by atoms with van der Waals surface area (Å²) in [4.78, 5) is 39.1. The number of phenolic OH excluding ortho intramolecular Hbond substituents is 1. The molecule has 39 heavy (non-hydrogen) atoms. The lowest BCUT2D eigenvalue weighted by Crippen LogP contribution is -2.47. The Labute approximate surface area is 234 Å². The summed E-state index contributed by atoms with van der Waals surface area (Å²) in [5.41, 5.74) is 0.997. The van der Waals surface area contributed by atoms with Crippen LogP contribution in [0.15, 0.2) is 36.4 Å². The fourth-order valence-corrected chi connectivity index (χ4v) is 5.76. The van der Waals surface area contributed by atoms with Crippen molar-refractivity contribution in [1.29, 1.82) is 0 Å². The first-order valence-electron chi connectivity index (χ1n) is 12.9. The van der Waals surface area contributed by atoms with Crippen LogP contribution >= 0.6 is 11.8 Å². The summed E-state index contributed by atoms with van der Waals surface area (Å²) in [6, 6.07) is 8.66. The lowest BCUT2D eigenvalue weighted by molar-refractivity contribution is -0.384. The normalized spacial score (nSPS) is 18.1. The number of ether oxygens (including phenoxy) is 1. The molecule has 0 aliphatic carbocycles. The zero-order valence-electron chi connectivity index (χ0n) is 24.1. The summed E-state index contributed by atoms with van der Waals surface area (Å²) in [6.45, 7) is 17.2. The molecule has 2 aromatic rings. The minimum atomic E-state index is -0.852. The molecule has 0 bridgehead atoms. The number of hydrogen-bond donors (Lipinski definition) is 2. The number of nitrogens with one attached hydrogen (secondary N) is 1. The quantitative estimate of drug-likeness (QED) is 0.238. The van der Waals surface area contributed by atoms with Gasteiger partial charge in [-0.25, -0.2) is 4.79 Å². The Morgan fingerprint density at radius 3 is 1.95 bits per heavy atom. The first-order chi connectivity index (χ1) is 17.8. The van der Waals surface area contributed by atoms with Crippen molar-refractivity contribution in [2.75, 3.05) is 11.1 Å². The van der Waals surface area contributed by atoms with Crippen molar-refractivity contribution in [3.63, 3.8) is 0 Å². The van der Waals surface area contributed by atoms with E-state index >= 15 is 0 Å². The third-order valence-electron chi connectivity index (χ3n) is 6.29. The number of nitro groups is 1. The van der Waals surface area contributed by atoms with Crippen LogP contribution in [-0.4, -0.2) is 44.3 Å². The van der Waals surface area contributed by atoms with Crippen LogP contribution in [0.4, 0.5) is 16.2 Å². The van der Waals surface area contributed by atoms with E-state index in [4.69, 9.17) is 4.74 Å². The summed E-state index contributed by atoms with van der Waals surface area (Å²) in [6.07, 6.45) is -0.646. The predicted molar refractivity (Wildman–Crippen MR) is 154 cm³/mol. The number of phenols is 1. The maximum atomic E-state index is 13.7. The van der Waals surface area contributed by atoms with Crippen molar-refractivity contribution >= 4 is 35.1 Å². The van der Waals surface area contributed by atoms with Crippen LogP contribution in [0.2, 0.25) is 0 Å². The van der Waals surface area contributed by atoms with E-state index in [0.717, 1.165) is 0 Å². The summed E-state index contributed by atoms with van der Waals surface area (Å²) in [7, 11) is 0. The first-order valence-corrected chi connectivity index (χ1v) is 13.9. The van der Waals surface area contributed by atoms with Gasteiger partial charge in [0.1, 0.15) is 22.8 Å². The van der Waals surface area contributed by atoms with Gasteiger partial charge < -0.3 is 15.2 Å². The SMILES string of the molecule is CC(C)(C)OC(=O)N1[C@@H](c2ccc([N+](=O)[O-])cc2)SC[C@H]1C(=O)Nc1cc(C(C)(C)C)c(O)c(C(C)(C)C)c1. The average Bonchev–Trinajstić information content (AvgIpc) is 3.23. The minimum absolute atomic E-state index is 0.0588. The molecular formula is C29H39N3O6S. The van der Waals surface area contributed by atoms with Crippen LogP contribution in [0.1, 0.15) is 84.4 Å². The van der Waals surface area contributed by atoms with Crippen molar-refractivity contribution in [3.8, 4) is 5.75 Å². The van der Waals surface area contributed by atoms with Crippen LogP contribution in [-0.2, 0) is 20.4 Å². The Morgan fingerprint density at radius 2 is 1.51 bits per heavy atom. The molecule has 2 atom stereocenters. The van der Waals surface area contributed by atoms with Gasteiger partial charge in [0.25, 0.3) is 5.69 Å². The van der Waals surface area contributed by atoms with Crippen LogP contribution in [0.5, 0.6) is 5.75 Å². The van der Waals surface area contributed by atoms with Gasteiger partial charge in [0, 0.05) is 34.7 Å². The molecule has 1 heterocycles. The molecule has 0 saturated carbocycles. The van der Waals surface area contributed by atoms with E-state index in [9.17, 15) is 24.8 Å². The molecule has 1 fully saturated rings. The molecule has 1 saturated heterocycles. The highest BCUT2D eigenvalue weighted by Crippen LogP contribution is 2.44. The van der Waals surface area contributed by atoms with Gasteiger partial charge in [-0.1, -0.05) is 41.5 Å². The molecule has 0 aromatic heterocycles. The summed E-state index contributed by atoms with van der Waals surface area (Å²) in [5, 5.41) is 24.6. The van der Waals surface area contributed by atoms with E-state index in [1.165, 1.54) is 28.8 Å². The van der Waals surface area contributed by atoms with E-state index in [2.05, 4.69) is 5.32 Å². The largest absolute Gasteiger partial charge is 0.507 e. The van der Waals surface area contributed by atoms with Gasteiger partial charge in [-0.2, -0.15) is 0 Å². The monoisotopic (exact) mass is 557 g/mol. The van der Waals surface area contributed by atoms with Crippen molar-refractivity contribution in [2.24, 2.45) is 0 Å². The fourth-order valence-electron chi connectivity index (χ4n) is 4.34. The van der Waals surface area contributed by atoms with Crippen molar-refractivity contribution < 1.29 is 24.4 Å². The molecule has 1 aliphatic rings. The Morgan fingerprint density at radius 1 is 1.00 bits per heavy atom. The second kappa shape index (κ2) is 10.7. The summed E-state index contributed by atoms with van der Waals surface area (Å²) >= 11 is 1.39. The molecular weight excluding hydrogens is 518 g/mol. The van der Waals surface area contributed by atoms with Gasteiger partial charge in [-0.3, -0.25) is 19.8 Å². The third kappa shape index (κ3) is 7.03. The topological polar surface area (TPSA) is 122 Å². The van der Waals surface area contributed by atoms with E-state index in [-0.39, 0.29) is 28.2 Å². The molecule has 9 nitrogen and oxygen atoms in total. The number of carbonyl (C=O) groups excluding carboxylic acids is 2. The Bertz CT molecular complexity index is 1220. The third-order valence-corrected chi connectivity index (χ3v) is 7.61. The first kappa shape index (κ1) is 30.3. The van der Waals surface area contributed by atoms with E-state index < -0.39 is 28.0 Å². The second-order valence-corrected chi connectivity index (χ2v) is 14.0. The van der Waals surface area contributed by atoms with E-state index in [1.54, 1.807) is 45.0 Å². The van der Waals surface area contributed by atoms with Gasteiger partial charge in [0.15, 0.2) is 0 Å². The molecule has 1 aliphatic heterocycles. The van der Waals surface area contributed by atoms with Crippen LogP contribution in [0.25, 0.3) is 0 Å². The average molecular weight is 558 g/mol. The molecule has 0 radical (unpaired) electrons. The molecule has 212 valence electrons. The number of hydrogen-bond acceptors (Lipinski definition) is 7. The van der Waals surface area contributed by atoms with Gasteiger partial charge in [-0.05, 0) is 61.4 Å². The lowest BCUT2D eigenvalue weighted by Gasteiger charge is -2.32. The number of non-ortho nitro benzene ring substituents is 1.